The molecular weight excluding hydrogens is 306 g/mol. The normalized spacial score (nSPS) is 22.1. The Morgan fingerprint density at radius 3 is 2.52 bits per heavy atom. The van der Waals surface area contributed by atoms with Gasteiger partial charge in [0, 0.05) is 23.7 Å². The molecule has 4 rings (SSSR count). The molecule has 1 fully saturated rings. The number of hydrogen-bond acceptors (Lipinski definition) is 3. The summed E-state index contributed by atoms with van der Waals surface area (Å²) < 4.78 is 7.65. The van der Waals surface area contributed by atoms with Gasteiger partial charge in [0.15, 0.2) is 0 Å². The van der Waals surface area contributed by atoms with E-state index < -0.39 is 8.32 Å². The summed E-state index contributed by atoms with van der Waals surface area (Å²) in [6.45, 7) is 7.15. The maximum atomic E-state index is 10.9. The molecule has 5 heteroatoms. The lowest BCUT2D eigenvalue weighted by atomic mass is 9.87. The second-order valence-electron chi connectivity index (χ2n) is 6.96. The van der Waals surface area contributed by atoms with Crippen LogP contribution in [0, 0.1) is 0 Å². The number of aromatic hydroxyl groups is 2. The highest BCUT2D eigenvalue weighted by molar-refractivity contribution is 6.79. The number of aromatic nitrogens is 1. The quantitative estimate of drug-likeness (QED) is 0.787. The monoisotopic (exact) mass is 327 g/mol. The van der Waals surface area contributed by atoms with Crippen LogP contribution >= 0.6 is 0 Å². The van der Waals surface area contributed by atoms with Gasteiger partial charge in [-0.25, -0.2) is 0 Å². The lowest BCUT2D eigenvalue weighted by Crippen LogP contribution is -2.30. The molecule has 0 unspecified atom stereocenters. The molecule has 0 radical (unpaired) electrons. The van der Waals surface area contributed by atoms with E-state index in [2.05, 4.69) is 20.0 Å². The van der Waals surface area contributed by atoms with Crippen molar-refractivity contribution in [3.05, 3.63) is 52.2 Å². The fourth-order valence-electron chi connectivity index (χ4n) is 4.24. The van der Waals surface area contributed by atoms with Gasteiger partial charge in [0.05, 0.1) is 5.69 Å². The van der Waals surface area contributed by atoms with Gasteiger partial charge in [-0.3, -0.25) is 4.57 Å². The van der Waals surface area contributed by atoms with Crippen molar-refractivity contribution < 1.29 is 14.6 Å². The molecule has 2 aromatic rings. The minimum atomic E-state index is -1.87. The molecule has 2 aliphatic rings. The zero-order valence-electron chi connectivity index (χ0n) is 13.6. The predicted molar refractivity (Wildman–Crippen MR) is 91.7 cm³/mol. The number of nitrogens with zero attached hydrogens (tertiary/aromatic N) is 1. The van der Waals surface area contributed by atoms with E-state index in [0.29, 0.717) is 13.0 Å². The summed E-state index contributed by atoms with van der Waals surface area (Å²) in [5, 5.41) is 23.0. The van der Waals surface area contributed by atoms with Gasteiger partial charge in [0.2, 0.25) is 20.1 Å². The van der Waals surface area contributed by atoms with Gasteiger partial charge in [-0.1, -0.05) is 23.8 Å². The Labute approximate surface area is 136 Å². The second-order valence-corrected chi connectivity index (χ2v) is 10.8. The van der Waals surface area contributed by atoms with Crippen LogP contribution in [0.5, 0.6) is 11.8 Å². The first kappa shape index (κ1) is 14.6. The molecule has 1 atom stereocenters. The van der Waals surface area contributed by atoms with Crippen LogP contribution in [-0.2, 0) is 10.8 Å². The molecule has 1 aromatic heterocycles. The van der Waals surface area contributed by atoms with Crippen LogP contribution in [0.25, 0.3) is 5.69 Å². The highest BCUT2D eigenvalue weighted by atomic mass is 28.4. The maximum absolute atomic E-state index is 10.9. The Kier molecular flexibility index (Phi) is 3.02. The molecule has 1 aliphatic heterocycles. The van der Waals surface area contributed by atoms with E-state index >= 15 is 0 Å². The number of para-hydroxylation sites is 1. The van der Waals surface area contributed by atoms with Gasteiger partial charge < -0.3 is 14.6 Å². The highest BCUT2D eigenvalue weighted by Crippen LogP contribution is 2.52. The first-order valence-corrected chi connectivity index (χ1v) is 10.9. The van der Waals surface area contributed by atoms with E-state index in [1.807, 2.05) is 30.3 Å². The molecule has 0 amide bonds. The molecule has 0 bridgehead atoms. The standard InChI is InChI=1S/C18H21NO3Si/c1-11-9-13-15(14-10-22-23(2,3)16(11)14)18(21)19(17(13)20)12-7-5-4-6-8-12/h4-8,14,20-21H,9-10H2,1-3H3/t14-/m1/s1. The van der Waals surface area contributed by atoms with E-state index in [4.69, 9.17) is 4.43 Å². The molecule has 4 nitrogen and oxygen atoms in total. The fourth-order valence-corrected chi connectivity index (χ4v) is 7.17. The molecule has 2 heterocycles. The zero-order valence-corrected chi connectivity index (χ0v) is 14.6. The van der Waals surface area contributed by atoms with Gasteiger partial charge in [0.25, 0.3) is 0 Å². The van der Waals surface area contributed by atoms with E-state index in [9.17, 15) is 10.2 Å². The average molecular weight is 327 g/mol. The van der Waals surface area contributed by atoms with Crippen molar-refractivity contribution in [3.63, 3.8) is 0 Å². The van der Waals surface area contributed by atoms with Crippen molar-refractivity contribution in [2.75, 3.05) is 6.61 Å². The third-order valence-corrected chi connectivity index (χ3v) is 8.09. The van der Waals surface area contributed by atoms with Crippen molar-refractivity contribution in [3.8, 4) is 17.4 Å². The fraction of sp³-hybridized carbons (Fsp3) is 0.333. The Bertz CT molecular complexity index is 821. The summed E-state index contributed by atoms with van der Waals surface area (Å²) in [6, 6.07) is 9.49. The molecule has 0 saturated carbocycles. The van der Waals surface area contributed by atoms with E-state index in [-0.39, 0.29) is 17.7 Å². The number of allylic oxidation sites excluding steroid dienone is 1. The lowest BCUT2D eigenvalue weighted by Gasteiger charge is -2.26. The van der Waals surface area contributed by atoms with Gasteiger partial charge in [-0.15, -0.1) is 0 Å². The summed E-state index contributed by atoms with van der Waals surface area (Å²) in [5.74, 6) is 0.374. The molecule has 1 aliphatic carbocycles. The first-order chi connectivity index (χ1) is 10.9. The van der Waals surface area contributed by atoms with Crippen LogP contribution < -0.4 is 0 Å². The molecule has 1 saturated heterocycles. The summed E-state index contributed by atoms with van der Waals surface area (Å²) >= 11 is 0. The number of hydrogen-bond donors (Lipinski definition) is 2. The van der Waals surface area contributed by atoms with Crippen molar-refractivity contribution in [2.45, 2.75) is 32.4 Å². The van der Waals surface area contributed by atoms with Gasteiger partial charge in [-0.05, 0) is 43.8 Å². The van der Waals surface area contributed by atoms with Crippen LogP contribution in [0.15, 0.2) is 41.1 Å². The van der Waals surface area contributed by atoms with Crippen molar-refractivity contribution >= 4 is 8.32 Å². The first-order valence-electron chi connectivity index (χ1n) is 7.96. The summed E-state index contributed by atoms with van der Waals surface area (Å²) in [5.41, 5.74) is 3.75. The molecule has 23 heavy (non-hydrogen) atoms. The van der Waals surface area contributed by atoms with Crippen LogP contribution in [-0.4, -0.2) is 29.7 Å². The second kappa shape index (κ2) is 4.76. The number of rotatable bonds is 1. The van der Waals surface area contributed by atoms with Crippen LogP contribution in [0.2, 0.25) is 13.1 Å². The SMILES string of the molecule is CC1=C2[C@H](CO[Si]2(C)C)c2c(c(O)n(-c3ccccc3)c2O)C1. The zero-order chi connectivity index (χ0) is 16.4. The Morgan fingerprint density at radius 2 is 1.83 bits per heavy atom. The minimum Gasteiger partial charge on any atom is -0.494 e. The number of fused-ring (bicyclic) bond motifs is 3. The predicted octanol–water partition coefficient (Wildman–Crippen LogP) is 3.62. The topological polar surface area (TPSA) is 54.6 Å². The van der Waals surface area contributed by atoms with Gasteiger partial charge >= 0.3 is 0 Å². The van der Waals surface area contributed by atoms with Crippen LogP contribution in [0.1, 0.15) is 24.0 Å². The Morgan fingerprint density at radius 1 is 1.13 bits per heavy atom. The van der Waals surface area contributed by atoms with Crippen LogP contribution in [0.4, 0.5) is 0 Å². The largest absolute Gasteiger partial charge is 0.494 e. The maximum Gasteiger partial charge on any atom is 0.214 e. The smallest absolute Gasteiger partial charge is 0.214 e. The molecule has 2 N–H and O–H groups in total. The van der Waals surface area contributed by atoms with E-state index in [1.165, 1.54) is 10.8 Å². The minimum absolute atomic E-state index is 0.0799. The molecule has 0 spiro atoms. The molecule has 120 valence electrons. The van der Waals surface area contributed by atoms with Gasteiger partial charge in [-0.2, -0.15) is 0 Å². The van der Waals surface area contributed by atoms with Crippen LogP contribution in [0.3, 0.4) is 0 Å². The van der Waals surface area contributed by atoms with Crippen molar-refractivity contribution in [1.82, 2.24) is 4.57 Å². The van der Waals surface area contributed by atoms with Crippen molar-refractivity contribution in [1.29, 1.82) is 0 Å². The van der Waals surface area contributed by atoms with E-state index in [1.54, 1.807) is 4.57 Å². The molecule has 1 aromatic carbocycles. The lowest BCUT2D eigenvalue weighted by molar-refractivity contribution is 0.330. The third kappa shape index (κ3) is 1.93. The number of benzene rings is 1. The summed E-state index contributed by atoms with van der Waals surface area (Å²) in [4.78, 5) is 0. The molecular formula is C18H21NO3Si. The highest BCUT2D eigenvalue weighted by Gasteiger charge is 2.47. The average Bonchev–Trinajstić information content (AvgIpc) is 2.96. The van der Waals surface area contributed by atoms with Crippen molar-refractivity contribution in [2.24, 2.45) is 0 Å². The Hall–Kier alpha value is -1.98. The van der Waals surface area contributed by atoms with Gasteiger partial charge in [0.1, 0.15) is 0 Å². The summed E-state index contributed by atoms with van der Waals surface area (Å²) in [6.07, 6.45) is 0.681. The Balaban J connectivity index is 1.93. The van der Waals surface area contributed by atoms with E-state index in [0.717, 1.165) is 16.8 Å². The third-order valence-electron chi connectivity index (χ3n) is 5.13. The summed E-state index contributed by atoms with van der Waals surface area (Å²) in [7, 11) is -1.87.